The largest absolute Gasteiger partial charge is 0.490 e. The Morgan fingerprint density at radius 2 is 0.929 bits per heavy atom. The number of ether oxygens (including phenoxy) is 2. The summed E-state index contributed by atoms with van der Waals surface area (Å²) in [7, 11) is 0. The normalized spacial score (nSPS) is 14.2. The van der Waals surface area contributed by atoms with E-state index in [1.165, 1.54) is 57.4 Å². The molecule has 0 unspecified atom stereocenters. The summed E-state index contributed by atoms with van der Waals surface area (Å²) in [5.74, 6) is -6.79. The molecule has 2 saturated carbocycles. The van der Waals surface area contributed by atoms with Crippen molar-refractivity contribution in [3.8, 4) is 11.5 Å². The van der Waals surface area contributed by atoms with Crippen LogP contribution in [0.2, 0.25) is 0 Å². The van der Waals surface area contributed by atoms with E-state index < -0.39 is 46.3 Å². The SMILES string of the molecule is O=C(O)c1ccc(OCCCCC2CC2)c(F)c1F.O=C(O)c1ccc(OCCCCCCCCC2CC2)c(F)c1F. The molecule has 2 aromatic rings. The summed E-state index contributed by atoms with van der Waals surface area (Å²) in [6.45, 7) is 0.625. The van der Waals surface area contributed by atoms with Crippen molar-refractivity contribution < 1.29 is 46.8 Å². The molecule has 0 spiro atoms. The fourth-order valence-electron chi connectivity index (χ4n) is 4.57. The first kappa shape index (κ1) is 33.2. The number of aromatic carboxylic acids is 2. The van der Waals surface area contributed by atoms with Gasteiger partial charge in [-0.25, -0.2) is 18.4 Å². The number of hydrogen-bond donors (Lipinski definition) is 2. The average Bonchev–Trinajstić information content (AvgIpc) is 3.88. The Morgan fingerprint density at radius 1 is 0.571 bits per heavy atom. The molecule has 4 rings (SSSR count). The molecule has 0 atom stereocenters. The van der Waals surface area contributed by atoms with Gasteiger partial charge < -0.3 is 19.7 Å². The zero-order valence-corrected chi connectivity index (χ0v) is 23.8. The van der Waals surface area contributed by atoms with Gasteiger partial charge in [-0.05, 0) is 55.4 Å². The van der Waals surface area contributed by atoms with Gasteiger partial charge in [-0.2, -0.15) is 8.78 Å². The topological polar surface area (TPSA) is 93.1 Å². The molecule has 0 aromatic heterocycles. The van der Waals surface area contributed by atoms with Crippen LogP contribution in [0, 0.1) is 35.1 Å². The third-order valence-corrected chi connectivity index (χ3v) is 7.48. The van der Waals surface area contributed by atoms with E-state index in [2.05, 4.69) is 0 Å². The summed E-state index contributed by atoms with van der Waals surface area (Å²) in [6, 6.07) is 4.36. The Labute approximate surface area is 244 Å². The first-order valence-corrected chi connectivity index (χ1v) is 14.9. The molecule has 0 bridgehead atoms. The quantitative estimate of drug-likeness (QED) is 0.132. The summed E-state index contributed by atoms with van der Waals surface area (Å²) < 4.78 is 64.4. The van der Waals surface area contributed by atoms with Gasteiger partial charge in [0.15, 0.2) is 23.1 Å². The monoisotopic (exact) mass is 596 g/mol. The van der Waals surface area contributed by atoms with E-state index in [1.807, 2.05) is 0 Å². The van der Waals surface area contributed by atoms with Crippen LogP contribution in [-0.2, 0) is 0 Å². The highest BCUT2D eigenvalue weighted by Gasteiger charge is 2.22. The van der Waals surface area contributed by atoms with Crippen LogP contribution in [0.15, 0.2) is 24.3 Å². The van der Waals surface area contributed by atoms with E-state index in [1.54, 1.807) is 0 Å². The van der Waals surface area contributed by atoms with Crippen molar-refractivity contribution in [2.24, 2.45) is 11.8 Å². The molecule has 232 valence electrons. The molecule has 2 aromatic carbocycles. The highest BCUT2D eigenvalue weighted by molar-refractivity contribution is 5.88. The van der Waals surface area contributed by atoms with Crippen LogP contribution in [0.25, 0.3) is 0 Å². The molecule has 2 aliphatic carbocycles. The van der Waals surface area contributed by atoms with Gasteiger partial charge in [0.2, 0.25) is 11.6 Å². The Bertz CT molecular complexity index is 1180. The summed E-state index contributed by atoms with van der Waals surface area (Å²) in [4.78, 5) is 21.3. The number of rotatable bonds is 18. The fourth-order valence-corrected chi connectivity index (χ4v) is 4.57. The summed E-state index contributed by atoms with van der Waals surface area (Å²) in [5, 5.41) is 17.3. The van der Waals surface area contributed by atoms with Crippen LogP contribution >= 0.6 is 0 Å². The number of carbonyl (C=O) groups is 2. The summed E-state index contributed by atoms with van der Waals surface area (Å²) >= 11 is 0. The molecule has 0 amide bonds. The van der Waals surface area contributed by atoms with E-state index in [9.17, 15) is 27.2 Å². The predicted octanol–water partition coefficient (Wildman–Crippen LogP) is 8.80. The smallest absolute Gasteiger partial charge is 0.338 e. The second kappa shape index (κ2) is 17.0. The zero-order valence-electron chi connectivity index (χ0n) is 23.8. The van der Waals surface area contributed by atoms with Crippen molar-refractivity contribution >= 4 is 11.9 Å². The molecule has 0 aliphatic heterocycles. The van der Waals surface area contributed by atoms with E-state index in [-0.39, 0.29) is 11.5 Å². The number of benzene rings is 2. The van der Waals surface area contributed by atoms with Crippen LogP contribution in [0.4, 0.5) is 17.6 Å². The van der Waals surface area contributed by atoms with Crippen molar-refractivity contribution in [3.05, 3.63) is 58.7 Å². The van der Waals surface area contributed by atoms with Gasteiger partial charge in [0, 0.05) is 0 Å². The summed E-state index contributed by atoms with van der Waals surface area (Å²) in [6.07, 6.45) is 16.5. The molecule has 2 fully saturated rings. The van der Waals surface area contributed by atoms with Crippen molar-refractivity contribution in [2.75, 3.05) is 13.2 Å². The van der Waals surface area contributed by atoms with Gasteiger partial charge in [-0.15, -0.1) is 0 Å². The van der Waals surface area contributed by atoms with Crippen LogP contribution < -0.4 is 9.47 Å². The molecule has 10 heteroatoms. The first-order valence-electron chi connectivity index (χ1n) is 14.9. The minimum Gasteiger partial charge on any atom is -0.490 e. The lowest BCUT2D eigenvalue weighted by molar-refractivity contribution is 0.0679. The second-order valence-electron chi connectivity index (χ2n) is 11.1. The highest BCUT2D eigenvalue weighted by atomic mass is 19.2. The minimum absolute atomic E-state index is 0.225. The molecular weight excluding hydrogens is 556 g/mol. The van der Waals surface area contributed by atoms with E-state index in [0.29, 0.717) is 13.2 Å². The van der Waals surface area contributed by atoms with Crippen molar-refractivity contribution in [1.82, 2.24) is 0 Å². The summed E-state index contributed by atoms with van der Waals surface area (Å²) in [5.41, 5.74) is -1.36. The number of unbranched alkanes of at least 4 members (excludes halogenated alkanes) is 6. The van der Waals surface area contributed by atoms with E-state index in [4.69, 9.17) is 19.7 Å². The zero-order chi connectivity index (χ0) is 30.5. The third-order valence-electron chi connectivity index (χ3n) is 7.48. The third kappa shape index (κ3) is 11.2. The lowest BCUT2D eigenvalue weighted by Gasteiger charge is -2.09. The molecule has 42 heavy (non-hydrogen) atoms. The van der Waals surface area contributed by atoms with Crippen molar-refractivity contribution in [1.29, 1.82) is 0 Å². The molecule has 2 aliphatic rings. The number of carboxylic acid groups (broad SMARTS) is 2. The predicted molar refractivity (Wildman–Crippen MR) is 149 cm³/mol. The molecule has 6 nitrogen and oxygen atoms in total. The molecule has 2 N–H and O–H groups in total. The standard InChI is InChI=1S/C18H24F2O3.C14H16F2O3/c19-16-14(18(21)22)10-11-15(17(16)20)23-12-6-4-2-1-3-5-7-13-8-9-13;15-12-10(14(17)18)6-7-11(13(12)16)19-8-2-1-3-9-4-5-9/h10-11,13H,1-9,12H2,(H,21,22);6-7,9H,1-5,8H2,(H,17,18). The number of hydrogen-bond acceptors (Lipinski definition) is 4. The van der Waals surface area contributed by atoms with Gasteiger partial charge in [0.1, 0.15) is 0 Å². The van der Waals surface area contributed by atoms with Gasteiger partial charge in [-0.1, -0.05) is 70.6 Å². The fraction of sp³-hybridized carbons (Fsp3) is 0.562. The number of carboxylic acids is 2. The lowest BCUT2D eigenvalue weighted by Crippen LogP contribution is -2.06. The minimum atomic E-state index is -1.49. The Morgan fingerprint density at radius 3 is 1.33 bits per heavy atom. The van der Waals surface area contributed by atoms with Gasteiger partial charge in [-0.3, -0.25) is 0 Å². The maximum Gasteiger partial charge on any atom is 0.338 e. The Hall–Kier alpha value is -3.30. The maximum atomic E-state index is 13.6. The second-order valence-corrected chi connectivity index (χ2v) is 11.1. The molecular formula is C32H40F4O6. The van der Waals surface area contributed by atoms with Gasteiger partial charge in [0.05, 0.1) is 24.3 Å². The average molecular weight is 597 g/mol. The number of halogens is 4. The lowest BCUT2D eigenvalue weighted by atomic mass is 10.1. The molecule has 0 radical (unpaired) electrons. The van der Waals surface area contributed by atoms with Crippen LogP contribution in [0.3, 0.4) is 0 Å². The van der Waals surface area contributed by atoms with Gasteiger partial charge >= 0.3 is 11.9 Å². The maximum absolute atomic E-state index is 13.6. The molecule has 0 heterocycles. The van der Waals surface area contributed by atoms with Crippen molar-refractivity contribution in [2.45, 2.75) is 89.9 Å². The van der Waals surface area contributed by atoms with Crippen LogP contribution in [0.1, 0.15) is 111 Å². The Kier molecular flexibility index (Phi) is 13.4. The van der Waals surface area contributed by atoms with Crippen molar-refractivity contribution in [3.63, 3.8) is 0 Å². The van der Waals surface area contributed by atoms with Crippen LogP contribution in [0.5, 0.6) is 11.5 Å². The molecule has 0 saturated heterocycles. The van der Waals surface area contributed by atoms with Gasteiger partial charge in [0.25, 0.3) is 0 Å². The van der Waals surface area contributed by atoms with E-state index in [0.717, 1.165) is 68.6 Å². The Balaban J connectivity index is 0.000000235. The van der Waals surface area contributed by atoms with E-state index >= 15 is 0 Å². The van der Waals surface area contributed by atoms with Crippen LogP contribution in [-0.4, -0.2) is 35.4 Å². The first-order chi connectivity index (χ1) is 20.2. The highest BCUT2D eigenvalue weighted by Crippen LogP contribution is 2.34.